The molecule has 0 spiro atoms. The Bertz CT molecular complexity index is 291. The first-order valence-corrected chi connectivity index (χ1v) is 5.94. The predicted octanol–water partition coefficient (Wildman–Crippen LogP) is 1.95. The molecule has 2 rings (SSSR count). The summed E-state index contributed by atoms with van der Waals surface area (Å²) in [7, 11) is 0. The molecule has 2 bridgehead atoms. The smallest absolute Gasteiger partial charge is 0.223 e. The van der Waals surface area contributed by atoms with E-state index in [1.165, 1.54) is 19.3 Å². The third-order valence-electron chi connectivity index (χ3n) is 3.89. The van der Waals surface area contributed by atoms with Gasteiger partial charge in [-0.05, 0) is 38.0 Å². The fraction of sp³-hybridized carbons (Fsp3) is 0.769. The minimum Gasteiger partial charge on any atom is -0.352 e. The number of nitrogens with one attached hydrogen (secondary N) is 1. The van der Waals surface area contributed by atoms with Gasteiger partial charge in [0.15, 0.2) is 0 Å². The van der Waals surface area contributed by atoms with Crippen LogP contribution in [-0.2, 0) is 4.79 Å². The van der Waals surface area contributed by atoms with Gasteiger partial charge in [-0.2, -0.15) is 0 Å². The van der Waals surface area contributed by atoms with Crippen LogP contribution in [0.3, 0.4) is 0 Å². The molecule has 0 radical (unpaired) electrons. The van der Waals surface area contributed by atoms with Crippen molar-refractivity contribution in [3.05, 3.63) is 0 Å². The molecule has 0 heterocycles. The maximum Gasteiger partial charge on any atom is 0.223 e. The van der Waals surface area contributed by atoms with Gasteiger partial charge in [-0.1, -0.05) is 6.42 Å². The minimum absolute atomic E-state index is 0.127. The number of hydrogen-bond donors (Lipinski definition) is 1. The topological polar surface area (TPSA) is 29.1 Å². The molecule has 2 nitrogen and oxygen atoms in total. The van der Waals surface area contributed by atoms with E-state index in [0.29, 0.717) is 12.3 Å². The standard InChI is InChI=1S/C13H19NO/c1-3-4-9(2)14-13(15)12-8-10-5-6-11(12)7-10/h1,9-12H,4-8H2,2H3,(H,14,15). The first kappa shape index (κ1) is 10.5. The summed E-state index contributed by atoms with van der Waals surface area (Å²) in [6.07, 6.45) is 10.8. The van der Waals surface area contributed by atoms with Gasteiger partial charge in [0.2, 0.25) is 5.91 Å². The van der Waals surface area contributed by atoms with E-state index in [4.69, 9.17) is 6.42 Å². The van der Waals surface area contributed by atoms with Gasteiger partial charge in [-0.15, -0.1) is 12.3 Å². The molecule has 2 fully saturated rings. The largest absolute Gasteiger partial charge is 0.352 e. The molecule has 0 aromatic rings. The van der Waals surface area contributed by atoms with E-state index in [1.54, 1.807) is 0 Å². The summed E-state index contributed by atoms with van der Waals surface area (Å²) in [6.45, 7) is 1.98. The van der Waals surface area contributed by atoms with Crippen LogP contribution >= 0.6 is 0 Å². The lowest BCUT2D eigenvalue weighted by Crippen LogP contribution is -2.38. The first-order valence-electron chi connectivity index (χ1n) is 5.94. The molecule has 82 valence electrons. The highest BCUT2D eigenvalue weighted by molar-refractivity contribution is 5.79. The Morgan fingerprint density at radius 1 is 1.53 bits per heavy atom. The molecule has 2 saturated carbocycles. The molecule has 0 aliphatic heterocycles. The van der Waals surface area contributed by atoms with E-state index in [9.17, 15) is 4.79 Å². The highest BCUT2D eigenvalue weighted by atomic mass is 16.2. The van der Waals surface area contributed by atoms with Crippen molar-refractivity contribution >= 4 is 5.91 Å². The molecule has 2 heteroatoms. The normalized spacial score (nSPS) is 34.8. The van der Waals surface area contributed by atoms with Crippen molar-refractivity contribution < 1.29 is 4.79 Å². The van der Waals surface area contributed by atoms with E-state index >= 15 is 0 Å². The summed E-state index contributed by atoms with van der Waals surface area (Å²) in [5.74, 6) is 4.59. The van der Waals surface area contributed by atoms with Gasteiger partial charge in [0, 0.05) is 18.4 Å². The average Bonchev–Trinajstić information content (AvgIpc) is 2.78. The van der Waals surface area contributed by atoms with Crippen LogP contribution in [0.25, 0.3) is 0 Å². The lowest BCUT2D eigenvalue weighted by molar-refractivity contribution is -0.127. The molecular formula is C13H19NO. The van der Waals surface area contributed by atoms with Gasteiger partial charge in [0.05, 0.1) is 0 Å². The fourth-order valence-corrected chi connectivity index (χ4v) is 3.14. The predicted molar refractivity (Wildman–Crippen MR) is 60.0 cm³/mol. The second-order valence-electron chi connectivity index (χ2n) is 5.10. The van der Waals surface area contributed by atoms with E-state index in [0.717, 1.165) is 12.3 Å². The Balaban J connectivity index is 1.84. The number of amides is 1. The molecule has 0 aromatic carbocycles. The van der Waals surface area contributed by atoms with Gasteiger partial charge >= 0.3 is 0 Å². The number of fused-ring (bicyclic) bond motifs is 2. The SMILES string of the molecule is C#CCC(C)NC(=O)C1CC2CCC1C2. The number of carbonyl (C=O) groups is 1. The van der Waals surface area contributed by atoms with Crippen molar-refractivity contribution in [2.45, 2.75) is 45.1 Å². The van der Waals surface area contributed by atoms with Crippen molar-refractivity contribution in [2.24, 2.45) is 17.8 Å². The molecule has 1 amide bonds. The second-order valence-corrected chi connectivity index (χ2v) is 5.10. The molecule has 2 aliphatic rings. The van der Waals surface area contributed by atoms with Crippen LogP contribution in [0.1, 0.15) is 39.0 Å². The molecule has 1 N–H and O–H groups in total. The number of terminal acetylenes is 1. The molecule has 0 aromatic heterocycles. The zero-order valence-corrected chi connectivity index (χ0v) is 9.33. The minimum atomic E-state index is 0.127. The summed E-state index contributed by atoms with van der Waals surface area (Å²) >= 11 is 0. The van der Waals surface area contributed by atoms with Gasteiger partial charge in [-0.25, -0.2) is 0 Å². The third kappa shape index (κ3) is 2.17. The number of hydrogen-bond acceptors (Lipinski definition) is 1. The van der Waals surface area contributed by atoms with Crippen LogP contribution in [0.15, 0.2) is 0 Å². The van der Waals surface area contributed by atoms with E-state index in [1.807, 2.05) is 6.92 Å². The van der Waals surface area contributed by atoms with E-state index < -0.39 is 0 Å². The van der Waals surface area contributed by atoms with Crippen LogP contribution < -0.4 is 5.32 Å². The van der Waals surface area contributed by atoms with Crippen LogP contribution in [0.2, 0.25) is 0 Å². The highest BCUT2D eigenvalue weighted by Crippen LogP contribution is 2.48. The van der Waals surface area contributed by atoms with Crippen LogP contribution in [0, 0.1) is 30.1 Å². The first-order chi connectivity index (χ1) is 7.20. The summed E-state index contributed by atoms with van der Waals surface area (Å²) < 4.78 is 0. The number of carbonyl (C=O) groups excluding carboxylic acids is 1. The quantitative estimate of drug-likeness (QED) is 0.701. The Morgan fingerprint density at radius 2 is 2.33 bits per heavy atom. The third-order valence-corrected chi connectivity index (χ3v) is 3.89. The van der Waals surface area contributed by atoms with Crippen molar-refractivity contribution in [3.8, 4) is 12.3 Å². The maximum atomic E-state index is 11.9. The van der Waals surface area contributed by atoms with Crippen LogP contribution in [0.4, 0.5) is 0 Å². The van der Waals surface area contributed by atoms with Crippen LogP contribution in [0.5, 0.6) is 0 Å². The number of rotatable bonds is 3. The van der Waals surface area contributed by atoms with Crippen molar-refractivity contribution in [1.82, 2.24) is 5.32 Å². The van der Waals surface area contributed by atoms with Gasteiger partial charge in [0.1, 0.15) is 0 Å². The Kier molecular flexibility index (Phi) is 3.00. The fourth-order valence-electron chi connectivity index (χ4n) is 3.14. The summed E-state index contributed by atoms with van der Waals surface area (Å²) in [5.41, 5.74) is 0. The zero-order valence-electron chi connectivity index (χ0n) is 9.33. The lowest BCUT2D eigenvalue weighted by Gasteiger charge is -2.22. The lowest BCUT2D eigenvalue weighted by atomic mass is 9.88. The van der Waals surface area contributed by atoms with Crippen molar-refractivity contribution in [2.75, 3.05) is 0 Å². The van der Waals surface area contributed by atoms with E-state index in [-0.39, 0.29) is 17.9 Å². The molecular weight excluding hydrogens is 186 g/mol. The van der Waals surface area contributed by atoms with Gasteiger partial charge in [0.25, 0.3) is 0 Å². The van der Waals surface area contributed by atoms with Crippen molar-refractivity contribution in [1.29, 1.82) is 0 Å². The molecule has 4 atom stereocenters. The van der Waals surface area contributed by atoms with Gasteiger partial charge in [-0.3, -0.25) is 4.79 Å². The van der Waals surface area contributed by atoms with Crippen LogP contribution in [-0.4, -0.2) is 11.9 Å². The molecule has 4 unspecified atom stereocenters. The Hall–Kier alpha value is -0.970. The maximum absolute atomic E-state index is 11.9. The molecule has 15 heavy (non-hydrogen) atoms. The summed E-state index contributed by atoms with van der Waals surface area (Å²) in [4.78, 5) is 11.9. The summed E-state index contributed by atoms with van der Waals surface area (Å²) in [6, 6.07) is 0.127. The van der Waals surface area contributed by atoms with Gasteiger partial charge < -0.3 is 5.32 Å². The highest BCUT2D eigenvalue weighted by Gasteiger charge is 2.43. The van der Waals surface area contributed by atoms with Crippen molar-refractivity contribution in [3.63, 3.8) is 0 Å². The monoisotopic (exact) mass is 205 g/mol. The second kappa shape index (κ2) is 4.26. The van der Waals surface area contributed by atoms with E-state index in [2.05, 4.69) is 11.2 Å². The Morgan fingerprint density at radius 3 is 2.87 bits per heavy atom. The average molecular weight is 205 g/mol. The Labute approximate surface area is 91.8 Å². The molecule has 2 aliphatic carbocycles. The molecule has 0 saturated heterocycles. The summed E-state index contributed by atoms with van der Waals surface area (Å²) in [5, 5.41) is 3.03. The zero-order chi connectivity index (χ0) is 10.8.